The van der Waals surface area contributed by atoms with Gasteiger partial charge in [0.15, 0.2) is 5.96 Å². The summed E-state index contributed by atoms with van der Waals surface area (Å²) in [5.74, 6) is -6.07. The molecule has 22 nitrogen and oxygen atoms in total. The Morgan fingerprint density at radius 1 is 0.786 bits per heavy atom. The topological polar surface area (TPSA) is 356 Å². The number of primary amides is 1. The number of rotatable bonds is 16. The molecule has 1 saturated heterocycles. The van der Waals surface area contributed by atoms with E-state index in [0.717, 1.165) is 36.6 Å². The molecule has 8 amide bonds. The fourth-order valence-corrected chi connectivity index (χ4v) is 8.83. The number of nitrogens with one attached hydrogen (secondary N) is 9. The number of H-pyrrole nitrogens is 2. The summed E-state index contributed by atoms with van der Waals surface area (Å²) in [6.45, 7) is 1.53. The standard InChI is InChI=1S/C48H64N14O8/c1-27-41(47(70)59-36(42(49)65)22-30-24-54-33-15-8-7-14-32(30)33)62-44(67)34(16-9-19-53-48(50)51)58-45(68)37(20-28-10-3-2-4-11-28)60-46(69)38(23-31-25-52-26-55-31)61-43(66)35(17-18-39(63)56-27)57-40(64)21-29-12-5-6-13-29/h2-4,7-8,10-11,14-15,24-27,29,34-38,41,54H,5-6,9,12-13,16-23H2,1H3,(H2,49,65)(H,52,55)(H,56,63)(H,57,64)(H,58,68)(H,59,70)(H,60,69)(H,61,66)(H,62,67)(H4,50,51,53)/t27?,34-,35-,36-,37+,38-,41-/m0/s1. The zero-order chi connectivity index (χ0) is 50.2. The number of amides is 8. The molecule has 0 bridgehead atoms. The highest BCUT2D eigenvalue weighted by molar-refractivity contribution is 5.98. The van der Waals surface area contributed by atoms with Crippen molar-refractivity contribution in [1.82, 2.24) is 52.2 Å². The van der Waals surface area contributed by atoms with Crippen molar-refractivity contribution < 1.29 is 38.4 Å². The molecule has 15 N–H and O–H groups in total. The van der Waals surface area contributed by atoms with E-state index in [1.54, 1.807) is 36.5 Å². The van der Waals surface area contributed by atoms with E-state index in [0.29, 0.717) is 16.8 Å². The van der Waals surface area contributed by atoms with Crippen LogP contribution in [0.15, 0.2) is 78.3 Å². The second-order valence-electron chi connectivity index (χ2n) is 18.0. The smallest absolute Gasteiger partial charge is 0.245 e. The number of imidazole rings is 1. The summed E-state index contributed by atoms with van der Waals surface area (Å²) < 4.78 is 0. The van der Waals surface area contributed by atoms with E-state index in [1.165, 1.54) is 19.4 Å². The van der Waals surface area contributed by atoms with Gasteiger partial charge in [0.2, 0.25) is 47.3 Å². The molecule has 2 aromatic heterocycles. The SMILES string of the molecule is CC1NC(=O)CC[C@H](NC(=O)CC2CCCC2)C(=O)N[C@@H](Cc2cnc[nH]2)C(=O)N[C@H](Cc2ccccc2)C(=O)N[C@@H](CCCN=C(N)N)C(=O)N[C@@H]1C(=O)N[C@@H](Cc1c[nH]c2ccccc12)C(N)=O. The highest BCUT2D eigenvalue weighted by atomic mass is 16.2. The Morgan fingerprint density at radius 3 is 2.16 bits per heavy atom. The molecule has 1 aliphatic heterocycles. The molecule has 1 aliphatic carbocycles. The van der Waals surface area contributed by atoms with Crippen LogP contribution in [0.4, 0.5) is 0 Å². The molecule has 3 heterocycles. The average Bonchev–Trinajstić information content (AvgIpc) is 4.13. The van der Waals surface area contributed by atoms with E-state index in [2.05, 4.69) is 57.2 Å². The molecule has 7 atom stereocenters. The average molecular weight is 965 g/mol. The van der Waals surface area contributed by atoms with Crippen LogP contribution in [-0.4, -0.2) is 117 Å². The van der Waals surface area contributed by atoms with Crippen LogP contribution >= 0.6 is 0 Å². The number of hydrogen-bond donors (Lipinski definition) is 12. The number of carbonyl (C=O) groups is 8. The van der Waals surface area contributed by atoms with Gasteiger partial charge in [-0.25, -0.2) is 4.98 Å². The van der Waals surface area contributed by atoms with Gasteiger partial charge in [-0.2, -0.15) is 0 Å². The Hall–Kier alpha value is -7.78. The second-order valence-corrected chi connectivity index (χ2v) is 18.0. The summed E-state index contributed by atoms with van der Waals surface area (Å²) >= 11 is 0. The maximum Gasteiger partial charge on any atom is 0.245 e. The van der Waals surface area contributed by atoms with Gasteiger partial charge in [0.25, 0.3) is 0 Å². The van der Waals surface area contributed by atoms with Gasteiger partial charge in [0, 0.05) is 67.6 Å². The number of hydrogen-bond acceptors (Lipinski definition) is 10. The van der Waals surface area contributed by atoms with Crippen LogP contribution in [0.5, 0.6) is 0 Å². The van der Waals surface area contributed by atoms with Gasteiger partial charge in [-0.15, -0.1) is 0 Å². The van der Waals surface area contributed by atoms with Crippen LogP contribution in [0.1, 0.15) is 81.5 Å². The van der Waals surface area contributed by atoms with Crippen LogP contribution in [0.25, 0.3) is 10.9 Å². The van der Waals surface area contributed by atoms with E-state index >= 15 is 0 Å². The lowest BCUT2D eigenvalue weighted by Crippen LogP contribution is -2.63. The van der Waals surface area contributed by atoms with E-state index in [9.17, 15) is 38.4 Å². The summed E-state index contributed by atoms with van der Waals surface area (Å²) in [6.07, 6.45) is 7.79. The van der Waals surface area contributed by atoms with Gasteiger partial charge in [0.05, 0.1) is 12.4 Å². The Morgan fingerprint density at radius 2 is 1.46 bits per heavy atom. The minimum Gasteiger partial charge on any atom is -0.370 e. The van der Waals surface area contributed by atoms with E-state index in [4.69, 9.17) is 17.2 Å². The molecule has 2 aliphatic rings. The number of guanidine groups is 1. The van der Waals surface area contributed by atoms with E-state index < -0.39 is 89.6 Å². The zero-order valence-electron chi connectivity index (χ0n) is 39.1. The summed E-state index contributed by atoms with van der Waals surface area (Å²) in [5, 5.41) is 19.9. The molecule has 2 fully saturated rings. The van der Waals surface area contributed by atoms with Gasteiger partial charge < -0.3 is 64.4 Å². The number of aliphatic imine (C=N–C) groups is 1. The van der Waals surface area contributed by atoms with Crippen molar-refractivity contribution in [3.63, 3.8) is 0 Å². The number of fused-ring (bicyclic) bond motifs is 1. The normalized spacial score (nSPS) is 22.5. The van der Waals surface area contributed by atoms with Crippen molar-refractivity contribution in [3.8, 4) is 0 Å². The number of benzene rings is 2. The number of carbonyl (C=O) groups excluding carboxylic acids is 8. The third kappa shape index (κ3) is 15.1. The largest absolute Gasteiger partial charge is 0.370 e. The van der Waals surface area contributed by atoms with Gasteiger partial charge >= 0.3 is 0 Å². The predicted octanol–water partition coefficient (Wildman–Crippen LogP) is -0.755. The highest BCUT2D eigenvalue weighted by Crippen LogP contribution is 2.27. The second kappa shape index (κ2) is 25.0. The Kier molecular flexibility index (Phi) is 18.4. The number of nitrogens with two attached hydrogens (primary N) is 3. The predicted molar refractivity (Wildman–Crippen MR) is 259 cm³/mol. The van der Waals surface area contributed by atoms with Crippen molar-refractivity contribution in [2.75, 3.05) is 6.54 Å². The van der Waals surface area contributed by atoms with E-state index in [-0.39, 0.29) is 69.8 Å². The van der Waals surface area contributed by atoms with E-state index in [1.807, 2.05) is 24.3 Å². The van der Waals surface area contributed by atoms with Crippen LogP contribution in [0.2, 0.25) is 0 Å². The van der Waals surface area contributed by atoms with Crippen LogP contribution < -0.4 is 54.4 Å². The molecule has 1 saturated carbocycles. The van der Waals surface area contributed by atoms with Crippen molar-refractivity contribution in [2.24, 2.45) is 28.1 Å². The molecule has 374 valence electrons. The van der Waals surface area contributed by atoms with Gasteiger partial charge in [0.1, 0.15) is 36.3 Å². The lowest BCUT2D eigenvalue weighted by molar-refractivity contribution is -0.136. The first-order valence-corrected chi connectivity index (χ1v) is 23.6. The van der Waals surface area contributed by atoms with Crippen molar-refractivity contribution in [2.45, 2.75) is 126 Å². The maximum atomic E-state index is 14.5. The first-order chi connectivity index (χ1) is 33.6. The minimum atomic E-state index is -1.58. The minimum absolute atomic E-state index is 0.0246. The lowest BCUT2D eigenvalue weighted by Gasteiger charge is -2.30. The monoisotopic (exact) mass is 965 g/mol. The fourth-order valence-electron chi connectivity index (χ4n) is 8.83. The molecule has 1 unspecified atom stereocenters. The zero-order valence-corrected chi connectivity index (χ0v) is 39.1. The van der Waals surface area contributed by atoms with Gasteiger partial charge in [-0.05, 0) is 62.1 Å². The quantitative estimate of drug-likeness (QED) is 0.0376. The molecule has 0 radical (unpaired) electrons. The molecule has 0 spiro atoms. The summed E-state index contributed by atoms with van der Waals surface area (Å²) in [5.41, 5.74) is 19.5. The number of nitrogens with zero attached hydrogens (tertiary/aromatic N) is 2. The van der Waals surface area contributed by atoms with Crippen LogP contribution in [0.3, 0.4) is 0 Å². The van der Waals surface area contributed by atoms with Gasteiger partial charge in [-0.1, -0.05) is 61.4 Å². The number of aromatic nitrogens is 3. The number of aromatic amines is 2. The third-order valence-corrected chi connectivity index (χ3v) is 12.6. The van der Waals surface area contributed by atoms with Crippen LogP contribution in [-0.2, 0) is 57.6 Å². The fraction of sp³-hybridized carbons (Fsp3) is 0.458. The lowest BCUT2D eigenvalue weighted by atomic mass is 10.0. The van der Waals surface area contributed by atoms with Crippen molar-refractivity contribution in [3.05, 3.63) is 90.1 Å². The molecule has 70 heavy (non-hydrogen) atoms. The van der Waals surface area contributed by atoms with Gasteiger partial charge in [-0.3, -0.25) is 43.3 Å². The Labute approximate surface area is 404 Å². The molecule has 6 rings (SSSR count). The Bertz CT molecular complexity index is 2490. The molecule has 4 aromatic rings. The summed E-state index contributed by atoms with van der Waals surface area (Å²) in [6, 6.07) is 6.80. The summed E-state index contributed by atoms with van der Waals surface area (Å²) in [7, 11) is 0. The number of para-hydroxylation sites is 1. The first kappa shape index (κ1) is 51.6. The first-order valence-electron chi connectivity index (χ1n) is 23.6. The molecular formula is C48H64N14O8. The van der Waals surface area contributed by atoms with Crippen LogP contribution in [0, 0.1) is 5.92 Å². The highest BCUT2D eigenvalue weighted by Gasteiger charge is 2.37. The molecule has 22 heteroatoms. The maximum absolute atomic E-state index is 14.5. The molecule has 2 aromatic carbocycles. The third-order valence-electron chi connectivity index (χ3n) is 12.6. The Balaban J connectivity index is 1.34. The summed E-state index contributed by atoms with van der Waals surface area (Å²) in [4.78, 5) is 126. The van der Waals surface area contributed by atoms with Crippen molar-refractivity contribution in [1.29, 1.82) is 0 Å². The van der Waals surface area contributed by atoms with Crippen molar-refractivity contribution >= 4 is 64.1 Å². The molecular weight excluding hydrogens is 901 g/mol.